The SMILES string of the molecule is c1ccc(-c2cc(-c3cc(-c4cncnc4)cc(-c4cc5ccccc5c5ccccc45)c3)nc(-c3ccccc3)n2)cc1. The minimum atomic E-state index is 0.688. The summed E-state index contributed by atoms with van der Waals surface area (Å²) in [5, 5.41) is 4.89. The second-order valence-corrected chi connectivity index (χ2v) is 10.8. The molecule has 0 aliphatic carbocycles. The van der Waals surface area contributed by atoms with E-state index in [1.54, 1.807) is 6.33 Å². The van der Waals surface area contributed by atoms with E-state index < -0.39 is 0 Å². The minimum absolute atomic E-state index is 0.688. The monoisotopic (exact) mass is 562 g/mol. The van der Waals surface area contributed by atoms with Crippen LogP contribution in [-0.4, -0.2) is 19.9 Å². The molecule has 0 fully saturated rings. The Labute approximate surface area is 255 Å². The van der Waals surface area contributed by atoms with Gasteiger partial charge in [-0.15, -0.1) is 0 Å². The lowest BCUT2D eigenvalue weighted by molar-refractivity contribution is 1.17. The summed E-state index contributed by atoms with van der Waals surface area (Å²) >= 11 is 0. The van der Waals surface area contributed by atoms with E-state index in [0.29, 0.717) is 5.82 Å². The smallest absolute Gasteiger partial charge is 0.160 e. The van der Waals surface area contributed by atoms with Gasteiger partial charge in [-0.05, 0) is 68.6 Å². The lowest BCUT2D eigenvalue weighted by Gasteiger charge is -2.15. The lowest BCUT2D eigenvalue weighted by atomic mass is 9.90. The van der Waals surface area contributed by atoms with E-state index in [4.69, 9.17) is 9.97 Å². The van der Waals surface area contributed by atoms with E-state index in [2.05, 4.69) is 113 Å². The first-order valence-corrected chi connectivity index (χ1v) is 14.6. The van der Waals surface area contributed by atoms with Gasteiger partial charge in [0.1, 0.15) is 6.33 Å². The Hall–Kier alpha value is -6.00. The van der Waals surface area contributed by atoms with Crippen LogP contribution < -0.4 is 0 Å². The van der Waals surface area contributed by atoms with Gasteiger partial charge in [-0.25, -0.2) is 19.9 Å². The number of hydrogen-bond acceptors (Lipinski definition) is 4. The maximum Gasteiger partial charge on any atom is 0.160 e. The molecule has 8 rings (SSSR count). The first-order chi connectivity index (χ1) is 21.8. The molecule has 0 aliphatic rings. The highest BCUT2D eigenvalue weighted by Gasteiger charge is 2.15. The van der Waals surface area contributed by atoms with E-state index in [0.717, 1.165) is 44.8 Å². The fraction of sp³-hybridized carbons (Fsp3) is 0. The Bertz CT molecular complexity index is 2210. The van der Waals surface area contributed by atoms with Gasteiger partial charge in [0.25, 0.3) is 0 Å². The van der Waals surface area contributed by atoms with Gasteiger partial charge in [-0.2, -0.15) is 0 Å². The molecule has 0 aliphatic heterocycles. The molecular weight excluding hydrogens is 536 g/mol. The summed E-state index contributed by atoms with van der Waals surface area (Å²) in [5.41, 5.74) is 8.97. The van der Waals surface area contributed by atoms with Gasteiger partial charge in [0.05, 0.1) is 11.4 Å². The van der Waals surface area contributed by atoms with Crippen molar-refractivity contribution in [2.45, 2.75) is 0 Å². The molecule has 0 spiro atoms. The van der Waals surface area contributed by atoms with Crippen LogP contribution in [0.2, 0.25) is 0 Å². The van der Waals surface area contributed by atoms with Crippen LogP contribution in [0.15, 0.2) is 158 Å². The highest BCUT2D eigenvalue weighted by Crippen LogP contribution is 2.39. The first-order valence-electron chi connectivity index (χ1n) is 14.6. The molecule has 2 heterocycles. The molecule has 8 aromatic rings. The van der Waals surface area contributed by atoms with Crippen molar-refractivity contribution in [3.63, 3.8) is 0 Å². The molecular formula is C40H26N4. The molecule has 4 heteroatoms. The Kier molecular flexibility index (Phi) is 6.43. The van der Waals surface area contributed by atoms with Crippen molar-refractivity contribution in [3.05, 3.63) is 158 Å². The maximum atomic E-state index is 5.14. The Morgan fingerprint density at radius 2 is 0.932 bits per heavy atom. The molecule has 0 N–H and O–H groups in total. The van der Waals surface area contributed by atoms with E-state index in [-0.39, 0.29) is 0 Å². The summed E-state index contributed by atoms with van der Waals surface area (Å²) in [6, 6.07) is 48.7. The fourth-order valence-corrected chi connectivity index (χ4v) is 5.91. The lowest BCUT2D eigenvalue weighted by Crippen LogP contribution is -1.96. The normalized spacial score (nSPS) is 11.2. The minimum Gasteiger partial charge on any atom is -0.244 e. The van der Waals surface area contributed by atoms with Crippen LogP contribution in [0.5, 0.6) is 0 Å². The van der Waals surface area contributed by atoms with Crippen molar-refractivity contribution < 1.29 is 0 Å². The van der Waals surface area contributed by atoms with Crippen LogP contribution in [0.3, 0.4) is 0 Å². The van der Waals surface area contributed by atoms with Crippen molar-refractivity contribution in [1.82, 2.24) is 19.9 Å². The van der Waals surface area contributed by atoms with Gasteiger partial charge < -0.3 is 0 Å². The van der Waals surface area contributed by atoms with Gasteiger partial charge >= 0.3 is 0 Å². The van der Waals surface area contributed by atoms with Crippen LogP contribution in [-0.2, 0) is 0 Å². The summed E-state index contributed by atoms with van der Waals surface area (Å²) in [6.07, 6.45) is 5.28. The number of benzene rings is 6. The van der Waals surface area contributed by atoms with E-state index in [9.17, 15) is 0 Å². The predicted molar refractivity (Wildman–Crippen MR) is 180 cm³/mol. The van der Waals surface area contributed by atoms with Crippen LogP contribution in [0, 0.1) is 0 Å². The molecule has 0 unspecified atom stereocenters. The van der Waals surface area contributed by atoms with Crippen LogP contribution >= 0.6 is 0 Å². The first kappa shape index (κ1) is 25.7. The molecule has 0 atom stereocenters. The van der Waals surface area contributed by atoms with Crippen LogP contribution in [0.25, 0.3) is 77.7 Å². The van der Waals surface area contributed by atoms with Crippen LogP contribution in [0.4, 0.5) is 0 Å². The summed E-state index contributed by atoms with van der Waals surface area (Å²) in [4.78, 5) is 18.8. The predicted octanol–water partition coefficient (Wildman–Crippen LogP) is 9.91. The molecule has 44 heavy (non-hydrogen) atoms. The molecule has 0 bridgehead atoms. The van der Waals surface area contributed by atoms with Gasteiger partial charge in [0.2, 0.25) is 0 Å². The summed E-state index contributed by atoms with van der Waals surface area (Å²) < 4.78 is 0. The zero-order valence-corrected chi connectivity index (χ0v) is 23.8. The average Bonchev–Trinajstić information content (AvgIpc) is 3.12. The number of nitrogens with zero attached hydrogens (tertiary/aromatic N) is 4. The largest absolute Gasteiger partial charge is 0.244 e. The van der Waals surface area contributed by atoms with E-state index in [1.165, 1.54) is 27.1 Å². The Balaban J connectivity index is 1.41. The fourth-order valence-electron chi connectivity index (χ4n) is 5.91. The standard InChI is InChI=1S/C40H26N4/c1-3-11-27(12-4-1)38-23-39(44-40(43-38)28-13-5-2-6-14-28)32-20-30(33-24-41-26-42-25-33)19-31(21-32)37-22-29-15-7-8-16-34(29)35-17-9-10-18-36(35)37/h1-26H. The summed E-state index contributed by atoms with van der Waals surface area (Å²) in [5.74, 6) is 0.688. The summed E-state index contributed by atoms with van der Waals surface area (Å²) in [6.45, 7) is 0. The quantitative estimate of drug-likeness (QED) is 0.196. The zero-order chi connectivity index (χ0) is 29.3. The molecule has 2 aromatic heterocycles. The molecule has 206 valence electrons. The second-order valence-electron chi connectivity index (χ2n) is 10.8. The highest BCUT2D eigenvalue weighted by atomic mass is 14.9. The molecule has 0 radical (unpaired) electrons. The number of rotatable bonds is 5. The third-order valence-electron chi connectivity index (χ3n) is 8.03. The third-order valence-corrected chi connectivity index (χ3v) is 8.03. The van der Waals surface area contributed by atoms with Gasteiger partial charge in [-0.3, -0.25) is 0 Å². The van der Waals surface area contributed by atoms with Gasteiger partial charge in [0.15, 0.2) is 5.82 Å². The number of fused-ring (bicyclic) bond motifs is 3. The van der Waals surface area contributed by atoms with E-state index >= 15 is 0 Å². The van der Waals surface area contributed by atoms with Crippen molar-refractivity contribution in [2.75, 3.05) is 0 Å². The van der Waals surface area contributed by atoms with Gasteiger partial charge in [0, 0.05) is 34.6 Å². The van der Waals surface area contributed by atoms with Gasteiger partial charge in [-0.1, -0.05) is 109 Å². The molecule has 4 nitrogen and oxygen atoms in total. The van der Waals surface area contributed by atoms with Crippen molar-refractivity contribution >= 4 is 21.5 Å². The zero-order valence-electron chi connectivity index (χ0n) is 23.8. The Morgan fingerprint density at radius 3 is 1.68 bits per heavy atom. The average molecular weight is 563 g/mol. The molecule has 0 saturated heterocycles. The highest BCUT2D eigenvalue weighted by molar-refractivity contribution is 6.14. The maximum absolute atomic E-state index is 5.14. The second kappa shape index (κ2) is 11.0. The third kappa shape index (κ3) is 4.79. The number of aromatic nitrogens is 4. The molecule has 6 aromatic carbocycles. The summed E-state index contributed by atoms with van der Waals surface area (Å²) in [7, 11) is 0. The van der Waals surface area contributed by atoms with Crippen molar-refractivity contribution in [2.24, 2.45) is 0 Å². The van der Waals surface area contributed by atoms with Crippen molar-refractivity contribution in [1.29, 1.82) is 0 Å². The van der Waals surface area contributed by atoms with Crippen molar-refractivity contribution in [3.8, 4) is 56.2 Å². The Morgan fingerprint density at radius 1 is 0.364 bits per heavy atom. The molecule has 0 saturated carbocycles. The van der Waals surface area contributed by atoms with Crippen LogP contribution in [0.1, 0.15) is 0 Å². The topological polar surface area (TPSA) is 51.6 Å². The number of hydrogen-bond donors (Lipinski definition) is 0. The molecule has 0 amide bonds. The van der Waals surface area contributed by atoms with E-state index in [1.807, 2.05) is 48.8 Å².